The average molecular weight is 188 g/mol. The summed E-state index contributed by atoms with van der Waals surface area (Å²) in [4.78, 5) is 4.22. The molecule has 0 bridgehead atoms. The van der Waals surface area contributed by atoms with Gasteiger partial charge in [0.2, 0.25) is 0 Å². The second kappa shape index (κ2) is 3.65. The zero-order valence-corrected chi connectivity index (χ0v) is 8.31. The summed E-state index contributed by atoms with van der Waals surface area (Å²) in [5.41, 5.74) is 1.88. The van der Waals surface area contributed by atoms with Crippen molar-refractivity contribution >= 4 is 11.0 Å². The van der Waals surface area contributed by atoms with Crippen molar-refractivity contribution in [2.75, 3.05) is 0 Å². The van der Waals surface area contributed by atoms with Gasteiger partial charge in [0.05, 0.1) is 6.20 Å². The summed E-state index contributed by atoms with van der Waals surface area (Å²) in [6, 6.07) is 2.07. The van der Waals surface area contributed by atoms with Crippen LogP contribution in [0.25, 0.3) is 11.0 Å². The molecule has 4 nitrogen and oxygen atoms in total. The Kier molecular flexibility index (Phi) is 2.35. The molecule has 0 amide bonds. The third-order valence-electron chi connectivity index (χ3n) is 1.98. The van der Waals surface area contributed by atoms with Crippen LogP contribution in [0.1, 0.15) is 19.4 Å². The van der Waals surface area contributed by atoms with Gasteiger partial charge >= 0.3 is 0 Å². The Bertz CT molecular complexity index is 439. The van der Waals surface area contributed by atoms with E-state index < -0.39 is 0 Å². The van der Waals surface area contributed by atoms with E-state index in [1.807, 2.05) is 6.20 Å². The fraction of sp³-hybridized carbons (Fsp3) is 0.400. The number of nitrogens with zero attached hydrogens (tertiary/aromatic N) is 4. The molecule has 72 valence electrons. The lowest BCUT2D eigenvalue weighted by atomic mass is 10.0. The second-order valence-electron chi connectivity index (χ2n) is 3.79. The van der Waals surface area contributed by atoms with Gasteiger partial charge in [-0.15, -0.1) is 10.2 Å². The van der Waals surface area contributed by atoms with Gasteiger partial charge in [0.1, 0.15) is 0 Å². The number of pyridine rings is 1. The van der Waals surface area contributed by atoms with Crippen molar-refractivity contribution in [1.29, 1.82) is 0 Å². The van der Waals surface area contributed by atoms with Crippen LogP contribution in [0.5, 0.6) is 0 Å². The first-order valence-corrected chi connectivity index (χ1v) is 4.68. The standard InChI is InChI=1S/C10H12N4/c1-7(2)3-8-4-9-6-12-14-13-10(9)11-5-8/h4-7H,3H2,1-2H3. The number of hydrogen-bond acceptors (Lipinski definition) is 4. The monoisotopic (exact) mass is 188 g/mol. The fourth-order valence-electron chi connectivity index (χ4n) is 1.44. The summed E-state index contributed by atoms with van der Waals surface area (Å²) in [5, 5.41) is 12.1. The minimum absolute atomic E-state index is 0.636. The van der Waals surface area contributed by atoms with Crippen LogP contribution in [0.15, 0.2) is 18.5 Å². The number of aromatic nitrogens is 4. The molecule has 0 spiro atoms. The van der Waals surface area contributed by atoms with E-state index in [1.54, 1.807) is 6.20 Å². The van der Waals surface area contributed by atoms with Crippen LogP contribution in [-0.2, 0) is 6.42 Å². The van der Waals surface area contributed by atoms with Crippen LogP contribution < -0.4 is 0 Å². The molecule has 0 saturated heterocycles. The smallest absolute Gasteiger partial charge is 0.185 e. The maximum Gasteiger partial charge on any atom is 0.185 e. The Balaban J connectivity index is 2.41. The Hall–Kier alpha value is -1.58. The van der Waals surface area contributed by atoms with Gasteiger partial charge < -0.3 is 0 Å². The van der Waals surface area contributed by atoms with Crippen molar-refractivity contribution in [3.8, 4) is 0 Å². The van der Waals surface area contributed by atoms with Crippen molar-refractivity contribution in [2.24, 2.45) is 5.92 Å². The topological polar surface area (TPSA) is 51.6 Å². The largest absolute Gasteiger partial charge is 0.235 e. The first-order chi connectivity index (χ1) is 6.75. The molecule has 0 fully saturated rings. The first-order valence-electron chi connectivity index (χ1n) is 4.68. The third-order valence-corrected chi connectivity index (χ3v) is 1.98. The summed E-state index contributed by atoms with van der Waals surface area (Å²) in [7, 11) is 0. The number of hydrogen-bond donors (Lipinski definition) is 0. The highest BCUT2D eigenvalue weighted by atomic mass is 15.3. The van der Waals surface area contributed by atoms with Crippen molar-refractivity contribution < 1.29 is 0 Å². The molecule has 0 saturated carbocycles. The van der Waals surface area contributed by atoms with E-state index in [0.29, 0.717) is 11.6 Å². The molecule has 0 aliphatic heterocycles. The fourth-order valence-corrected chi connectivity index (χ4v) is 1.44. The van der Waals surface area contributed by atoms with E-state index in [-0.39, 0.29) is 0 Å². The molecule has 0 atom stereocenters. The Labute approximate surface area is 82.4 Å². The van der Waals surface area contributed by atoms with Crippen molar-refractivity contribution in [3.05, 3.63) is 24.0 Å². The summed E-state index contributed by atoms with van der Waals surface area (Å²) >= 11 is 0. The van der Waals surface area contributed by atoms with E-state index in [4.69, 9.17) is 0 Å². The van der Waals surface area contributed by atoms with Crippen LogP contribution in [0.2, 0.25) is 0 Å². The van der Waals surface area contributed by atoms with Gasteiger partial charge in [-0.05, 0) is 29.2 Å². The number of rotatable bonds is 2. The van der Waals surface area contributed by atoms with Crippen LogP contribution in [-0.4, -0.2) is 20.4 Å². The minimum atomic E-state index is 0.636. The molecule has 2 aromatic rings. The van der Waals surface area contributed by atoms with Gasteiger partial charge in [-0.1, -0.05) is 13.8 Å². The lowest BCUT2D eigenvalue weighted by Gasteiger charge is -2.04. The summed E-state index contributed by atoms with van der Waals surface area (Å²) < 4.78 is 0. The molecule has 0 aliphatic rings. The van der Waals surface area contributed by atoms with E-state index in [2.05, 4.69) is 40.3 Å². The van der Waals surface area contributed by atoms with Gasteiger partial charge in [-0.3, -0.25) is 0 Å². The molecule has 2 aromatic heterocycles. The third kappa shape index (κ3) is 1.84. The highest BCUT2D eigenvalue weighted by molar-refractivity contribution is 5.73. The lowest BCUT2D eigenvalue weighted by molar-refractivity contribution is 0.646. The van der Waals surface area contributed by atoms with Gasteiger partial charge in [0, 0.05) is 11.6 Å². The molecule has 0 radical (unpaired) electrons. The second-order valence-corrected chi connectivity index (χ2v) is 3.79. The predicted octanol–water partition coefficient (Wildman–Crippen LogP) is 1.62. The Morgan fingerprint density at radius 3 is 2.93 bits per heavy atom. The molecule has 4 heteroatoms. The summed E-state index contributed by atoms with van der Waals surface area (Å²) in [6.45, 7) is 4.38. The van der Waals surface area contributed by atoms with Crippen LogP contribution >= 0.6 is 0 Å². The minimum Gasteiger partial charge on any atom is -0.235 e. The normalized spacial score (nSPS) is 11.1. The molecule has 2 rings (SSSR count). The Morgan fingerprint density at radius 1 is 1.29 bits per heavy atom. The molecule has 0 N–H and O–H groups in total. The van der Waals surface area contributed by atoms with E-state index in [1.165, 1.54) is 5.56 Å². The predicted molar refractivity (Wildman–Crippen MR) is 53.7 cm³/mol. The quantitative estimate of drug-likeness (QED) is 0.718. The van der Waals surface area contributed by atoms with Gasteiger partial charge in [-0.2, -0.15) is 0 Å². The van der Waals surface area contributed by atoms with Crippen LogP contribution in [0, 0.1) is 5.92 Å². The van der Waals surface area contributed by atoms with Crippen LogP contribution in [0.4, 0.5) is 0 Å². The number of fused-ring (bicyclic) bond motifs is 1. The first kappa shape index (κ1) is 8.99. The van der Waals surface area contributed by atoms with E-state index in [9.17, 15) is 0 Å². The van der Waals surface area contributed by atoms with Crippen molar-refractivity contribution in [2.45, 2.75) is 20.3 Å². The molecular weight excluding hydrogens is 176 g/mol. The zero-order chi connectivity index (χ0) is 9.97. The molecule has 0 unspecified atom stereocenters. The molecule has 0 aliphatic carbocycles. The van der Waals surface area contributed by atoms with Gasteiger partial charge in [0.25, 0.3) is 0 Å². The summed E-state index contributed by atoms with van der Waals surface area (Å²) in [5.74, 6) is 0.636. The maximum atomic E-state index is 4.22. The molecule has 2 heterocycles. The van der Waals surface area contributed by atoms with Gasteiger partial charge in [-0.25, -0.2) is 4.98 Å². The molecular formula is C10H12N4. The maximum absolute atomic E-state index is 4.22. The molecule has 14 heavy (non-hydrogen) atoms. The lowest BCUT2D eigenvalue weighted by Crippen LogP contribution is -1.96. The summed E-state index contributed by atoms with van der Waals surface area (Å²) in [6.07, 6.45) is 4.58. The van der Waals surface area contributed by atoms with Crippen molar-refractivity contribution in [3.63, 3.8) is 0 Å². The van der Waals surface area contributed by atoms with E-state index in [0.717, 1.165) is 11.8 Å². The van der Waals surface area contributed by atoms with Crippen LogP contribution in [0.3, 0.4) is 0 Å². The Morgan fingerprint density at radius 2 is 2.14 bits per heavy atom. The molecule has 0 aromatic carbocycles. The van der Waals surface area contributed by atoms with Crippen molar-refractivity contribution in [1.82, 2.24) is 20.4 Å². The SMILES string of the molecule is CC(C)Cc1cnc2nnncc2c1. The zero-order valence-electron chi connectivity index (χ0n) is 8.31. The average Bonchev–Trinajstić information content (AvgIpc) is 2.17. The highest BCUT2D eigenvalue weighted by Crippen LogP contribution is 2.12. The van der Waals surface area contributed by atoms with E-state index >= 15 is 0 Å². The van der Waals surface area contributed by atoms with Gasteiger partial charge in [0.15, 0.2) is 5.65 Å². The highest BCUT2D eigenvalue weighted by Gasteiger charge is 2.01.